The average molecular weight is 290 g/mol. The normalized spacial score (nSPS) is 16.2. The van der Waals surface area contributed by atoms with E-state index in [1.807, 2.05) is 0 Å². The van der Waals surface area contributed by atoms with E-state index in [0.29, 0.717) is 18.1 Å². The average Bonchev–Trinajstić information content (AvgIpc) is 2.47. The van der Waals surface area contributed by atoms with Gasteiger partial charge in [-0.15, -0.1) is 0 Å². The van der Waals surface area contributed by atoms with Crippen LogP contribution in [0, 0.1) is 5.92 Å². The topological polar surface area (TPSA) is 15.3 Å². The summed E-state index contributed by atoms with van der Waals surface area (Å²) in [7, 11) is 2.27. The van der Waals surface area contributed by atoms with Crippen LogP contribution in [0.1, 0.15) is 59.1 Å². The second-order valence-electron chi connectivity index (χ2n) is 6.73. The highest BCUT2D eigenvalue weighted by Crippen LogP contribution is 2.23. The van der Waals surface area contributed by atoms with Crippen molar-refractivity contribution in [3.63, 3.8) is 0 Å². The molecule has 1 rings (SSSR count). The van der Waals surface area contributed by atoms with Crippen molar-refractivity contribution in [1.82, 2.24) is 10.2 Å². The molecule has 0 fully saturated rings. The molecule has 1 aromatic carbocycles. The molecular weight excluding hydrogens is 256 g/mol. The minimum Gasteiger partial charge on any atom is -0.309 e. The van der Waals surface area contributed by atoms with Crippen LogP contribution < -0.4 is 5.32 Å². The molecule has 3 atom stereocenters. The van der Waals surface area contributed by atoms with Gasteiger partial charge in [-0.25, -0.2) is 0 Å². The predicted molar refractivity (Wildman–Crippen MR) is 93.6 cm³/mol. The van der Waals surface area contributed by atoms with Crippen molar-refractivity contribution in [2.75, 3.05) is 13.6 Å². The molecule has 0 aromatic heterocycles. The summed E-state index contributed by atoms with van der Waals surface area (Å²) in [6, 6.07) is 12.3. The number of nitrogens with one attached hydrogen (secondary N) is 1. The van der Waals surface area contributed by atoms with Gasteiger partial charge in [0.2, 0.25) is 0 Å². The first-order chi connectivity index (χ1) is 9.97. The summed E-state index contributed by atoms with van der Waals surface area (Å²) in [5.41, 5.74) is 1.39. The number of nitrogens with zero attached hydrogens (tertiary/aromatic N) is 1. The van der Waals surface area contributed by atoms with Crippen LogP contribution in [-0.2, 0) is 0 Å². The Kier molecular flexibility index (Phi) is 7.98. The van der Waals surface area contributed by atoms with Crippen molar-refractivity contribution < 1.29 is 0 Å². The summed E-state index contributed by atoms with van der Waals surface area (Å²) < 4.78 is 0. The molecule has 0 aliphatic rings. The van der Waals surface area contributed by atoms with Crippen molar-refractivity contribution >= 4 is 0 Å². The quantitative estimate of drug-likeness (QED) is 0.721. The summed E-state index contributed by atoms with van der Waals surface area (Å²) in [5.74, 6) is 0.744. The molecule has 0 saturated carbocycles. The zero-order chi connectivity index (χ0) is 15.8. The van der Waals surface area contributed by atoms with Crippen LogP contribution in [0.25, 0.3) is 0 Å². The number of hydrogen-bond donors (Lipinski definition) is 1. The molecule has 1 N–H and O–H groups in total. The Balaban J connectivity index is 2.82. The molecular formula is C19H34N2. The maximum absolute atomic E-state index is 3.73. The van der Waals surface area contributed by atoms with Crippen molar-refractivity contribution in [1.29, 1.82) is 0 Å². The first-order valence-electron chi connectivity index (χ1n) is 8.47. The van der Waals surface area contributed by atoms with Gasteiger partial charge in [0.05, 0.1) is 0 Å². The molecule has 0 radical (unpaired) electrons. The Labute approximate surface area is 131 Å². The van der Waals surface area contributed by atoms with Gasteiger partial charge in [0.15, 0.2) is 0 Å². The molecule has 2 nitrogen and oxygen atoms in total. The van der Waals surface area contributed by atoms with Crippen molar-refractivity contribution in [2.45, 2.75) is 65.6 Å². The highest BCUT2D eigenvalue weighted by molar-refractivity contribution is 5.20. The van der Waals surface area contributed by atoms with Gasteiger partial charge < -0.3 is 5.32 Å². The highest BCUT2D eigenvalue weighted by Gasteiger charge is 2.25. The third-order valence-electron chi connectivity index (χ3n) is 4.41. The summed E-state index contributed by atoms with van der Waals surface area (Å²) in [5, 5.41) is 3.73. The van der Waals surface area contributed by atoms with E-state index in [1.165, 1.54) is 18.4 Å². The molecule has 21 heavy (non-hydrogen) atoms. The Morgan fingerprint density at radius 1 is 1.05 bits per heavy atom. The van der Waals surface area contributed by atoms with Crippen LogP contribution in [0.2, 0.25) is 0 Å². The molecule has 3 unspecified atom stereocenters. The van der Waals surface area contributed by atoms with Gasteiger partial charge in [0, 0.05) is 18.1 Å². The van der Waals surface area contributed by atoms with E-state index < -0.39 is 0 Å². The Hall–Kier alpha value is -0.860. The lowest BCUT2D eigenvalue weighted by atomic mass is 9.96. The van der Waals surface area contributed by atoms with Gasteiger partial charge in [0.25, 0.3) is 0 Å². The lowest BCUT2D eigenvalue weighted by Crippen LogP contribution is -2.45. The molecule has 0 bridgehead atoms. The van der Waals surface area contributed by atoms with E-state index in [4.69, 9.17) is 0 Å². The molecule has 0 aliphatic heterocycles. The Morgan fingerprint density at radius 3 is 2.19 bits per heavy atom. The first-order valence-corrected chi connectivity index (χ1v) is 8.47. The Morgan fingerprint density at radius 2 is 1.67 bits per heavy atom. The summed E-state index contributed by atoms with van der Waals surface area (Å²) in [4.78, 5) is 2.53. The Bertz CT molecular complexity index is 374. The van der Waals surface area contributed by atoms with Crippen molar-refractivity contribution in [3.8, 4) is 0 Å². The van der Waals surface area contributed by atoms with Crippen LogP contribution in [0.15, 0.2) is 30.3 Å². The lowest BCUT2D eigenvalue weighted by molar-refractivity contribution is 0.143. The van der Waals surface area contributed by atoms with Gasteiger partial charge in [0.1, 0.15) is 0 Å². The fraction of sp³-hybridized carbons (Fsp3) is 0.684. The smallest absolute Gasteiger partial charge is 0.0475 e. The second kappa shape index (κ2) is 9.22. The van der Waals surface area contributed by atoms with Gasteiger partial charge in [-0.2, -0.15) is 0 Å². The number of rotatable bonds is 9. The summed E-state index contributed by atoms with van der Waals surface area (Å²) in [6.45, 7) is 12.6. The van der Waals surface area contributed by atoms with Crippen molar-refractivity contribution in [3.05, 3.63) is 35.9 Å². The van der Waals surface area contributed by atoms with E-state index in [9.17, 15) is 0 Å². The van der Waals surface area contributed by atoms with Crippen LogP contribution >= 0.6 is 0 Å². The van der Waals surface area contributed by atoms with E-state index in [1.54, 1.807) is 0 Å². The van der Waals surface area contributed by atoms with Crippen LogP contribution in [-0.4, -0.2) is 30.6 Å². The molecule has 120 valence electrons. The van der Waals surface area contributed by atoms with E-state index in [2.05, 4.69) is 82.2 Å². The molecule has 0 heterocycles. The minimum atomic E-state index is 0.394. The van der Waals surface area contributed by atoms with E-state index in [0.717, 1.165) is 12.5 Å². The maximum atomic E-state index is 3.73. The molecule has 0 saturated heterocycles. The SMILES string of the molecule is CCCNC(c1ccccc1)C(C)N(C)C(C)CC(C)C. The third-order valence-corrected chi connectivity index (χ3v) is 4.41. The van der Waals surface area contributed by atoms with Crippen LogP contribution in [0.3, 0.4) is 0 Å². The monoisotopic (exact) mass is 290 g/mol. The first kappa shape index (κ1) is 18.2. The minimum absolute atomic E-state index is 0.394. The molecule has 2 heteroatoms. The largest absolute Gasteiger partial charge is 0.309 e. The van der Waals surface area contributed by atoms with E-state index >= 15 is 0 Å². The zero-order valence-electron chi connectivity index (χ0n) is 14.8. The summed E-state index contributed by atoms with van der Waals surface area (Å²) in [6.07, 6.45) is 2.41. The molecule has 0 aliphatic carbocycles. The lowest BCUT2D eigenvalue weighted by Gasteiger charge is -2.37. The third kappa shape index (κ3) is 5.80. The van der Waals surface area contributed by atoms with Gasteiger partial charge in [-0.1, -0.05) is 51.1 Å². The van der Waals surface area contributed by atoms with Crippen LogP contribution in [0.4, 0.5) is 0 Å². The van der Waals surface area contributed by atoms with Crippen LogP contribution in [0.5, 0.6) is 0 Å². The number of benzene rings is 1. The standard InChI is InChI=1S/C19H34N2/c1-7-13-20-19(18-11-9-8-10-12-18)17(5)21(6)16(4)14-15(2)3/h8-12,15-17,19-20H,7,13-14H2,1-6H3. The van der Waals surface area contributed by atoms with Gasteiger partial charge in [-0.05, 0) is 51.8 Å². The fourth-order valence-electron chi connectivity index (χ4n) is 3.01. The molecule has 0 amide bonds. The maximum Gasteiger partial charge on any atom is 0.0475 e. The predicted octanol–water partition coefficient (Wildman–Crippen LogP) is 4.48. The second-order valence-corrected chi connectivity index (χ2v) is 6.73. The number of hydrogen-bond acceptors (Lipinski definition) is 2. The highest BCUT2D eigenvalue weighted by atomic mass is 15.2. The number of likely N-dealkylation sites (N-methyl/N-ethyl adjacent to an activating group) is 1. The summed E-state index contributed by atoms with van der Waals surface area (Å²) >= 11 is 0. The molecule has 1 aromatic rings. The molecule has 0 spiro atoms. The fourth-order valence-corrected chi connectivity index (χ4v) is 3.01. The van der Waals surface area contributed by atoms with E-state index in [-0.39, 0.29) is 0 Å². The van der Waals surface area contributed by atoms with Gasteiger partial charge in [-0.3, -0.25) is 4.90 Å². The van der Waals surface area contributed by atoms with Gasteiger partial charge >= 0.3 is 0 Å². The zero-order valence-corrected chi connectivity index (χ0v) is 14.8. The van der Waals surface area contributed by atoms with Crippen molar-refractivity contribution in [2.24, 2.45) is 5.92 Å².